The van der Waals surface area contributed by atoms with Crippen molar-refractivity contribution in [3.63, 3.8) is 0 Å². The molecule has 0 aliphatic rings. The minimum atomic E-state index is -0.292. The summed E-state index contributed by atoms with van der Waals surface area (Å²) in [6, 6.07) is 16.5. The number of halogens is 1. The van der Waals surface area contributed by atoms with Crippen molar-refractivity contribution in [2.45, 2.75) is 26.9 Å². The van der Waals surface area contributed by atoms with E-state index in [0.29, 0.717) is 12.1 Å². The molecule has 152 valence electrons. The summed E-state index contributed by atoms with van der Waals surface area (Å²) >= 11 is 0. The maximum absolute atomic E-state index is 13.8. The number of carbonyl (C=O) groups is 1. The first kappa shape index (κ1) is 20.7. The zero-order valence-corrected chi connectivity index (χ0v) is 17.4. The summed E-state index contributed by atoms with van der Waals surface area (Å²) in [5.74, 6) is -0.346. The van der Waals surface area contributed by atoms with Crippen LogP contribution in [-0.4, -0.2) is 46.1 Å². The molecule has 0 spiro atoms. The van der Waals surface area contributed by atoms with Gasteiger partial charge in [-0.1, -0.05) is 36.4 Å². The van der Waals surface area contributed by atoms with Crippen LogP contribution in [0.15, 0.2) is 54.6 Å². The van der Waals surface area contributed by atoms with Gasteiger partial charge in [-0.3, -0.25) is 9.69 Å². The Morgan fingerprint density at radius 2 is 1.66 bits per heavy atom. The lowest BCUT2D eigenvalue weighted by Gasteiger charge is -2.22. The molecule has 0 N–H and O–H groups in total. The number of hydrogen-bond acceptors (Lipinski definition) is 3. The topological polar surface area (TPSA) is 41.4 Å². The van der Waals surface area contributed by atoms with Crippen molar-refractivity contribution in [3.05, 3.63) is 82.9 Å². The van der Waals surface area contributed by atoms with Crippen molar-refractivity contribution in [3.8, 4) is 5.69 Å². The number of hydrogen-bond donors (Lipinski definition) is 0. The van der Waals surface area contributed by atoms with E-state index in [1.54, 1.807) is 30.1 Å². The first-order valence-electron chi connectivity index (χ1n) is 9.63. The van der Waals surface area contributed by atoms with Crippen molar-refractivity contribution in [1.82, 2.24) is 19.6 Å². The van der Waals surface area contributed by atoms with Crippen LogP contribution < -0.4 is 0 Å². The Labute approximate surface area is 171 Å². The van der Waals surface area contributed by atoms with Gasteiger partial charge in [-0.25, -0.2) is 9.07 Å². The first-order chi connectivity index (χ1) is 13.9. The largest absolute Gasteiger partial charge is 0.340 e. The number of amides is 1. The molecule has 0 radical (unpaired) electrons. The maximum atomic E-state index is 13.8. The number of likely N-dealkylation sites (N-methyl/N-ethyl adjacent to an activating group) is 2. The number of nitrogens with zero attached hydrogens (tertiary/aromatic N) is 4. The molecule has 1 heterocycles. The second-order valence-electron chi connectivity index (χ2n) is 7.41. The Bertz CT molecular complexity index is 984. The van der Waals surface area contributed by atoms with Crippen LogP contribution in [0.1, 0.15) is 22.5 Å². The number of carbonyl (C=O) groups excluding carboxylic acids is 1. The Hall–Kier alpha value is -2.99. The highest BCUT2D eigenvalue weighted by Gasteiger charge is 2.18. The maximum Gasteiger partial charge on any atom is 0.236 e. The fraction of sp³-hybridized carbons (Fsp3) is 0.304. The molecule has 0 atom stereocenters. The Balaban J connectivity index is 1.65. The van der Waals surface area contributed by atoms with E-state index >= 15 is 0 Å². The zero-order valence-electron chi connectivity index (χ0n) is 17.4. The van der Waals surface area contributed by atoms with Crippen molar-refractivity contribution in [2.24, 2.45) is 0 Å². The van der Waals surface area contributed by atoms with Gasteiger partial charge in [0.1, 0.15) is 5.82 Å². The van der Waals surface area contributed by atoms with Crippen LogP contribution in [-0.2, 0) is 17.9 Å². The molecule has 0 saturated carbocycles. The molecule has 29 heavy (non-hydrogen) atoms. The summed E-state index contributed by atoms with van der Waals surface area (Å²) in [6.45, 7) is 5.15. The van der Waals surface area contributed by atoms with Gasteiger partial charge < -0.3 is 4.90 Å². The van der Waals surface area contributed by atoms with Gasteiger partial charge in [0.25, 0.3) is 0 Å². The van der Waals surface area contributed by atoms with E-state index in [0.717, 1.165) is 22.6 Å². The molecule has 0 bridgehead atoms. The first-order valence-corrected chi connectivity index (χ1v) is 9.63. The van der Waals surface area contributed by atoms with E-state index < -0.39 is 0 Å². The van der Waals surface area contributed by atoms with Crippen LogP contribution in [0.2, 0.25) is 0 Å². The number of aryl methyl sites for hydroxylation is 1. The van der Waals surface area contributed by atoms with Gasteiger partial charge in [0.15, 0.2) is 0 Å². The van der Waals surface area contributed by atoms with Crippen molar-refractivity contribution in [1.29, 1.82) is 0 Å². The number of rotatable bonds is 7. The van der Waals surface area contributed by atoms with Gasteiger partial charge in [-0.2, -0.15) is 5.10 Å². The molecule has 1 amide bonds. The second kappa shape index (κ2) is 9.01. The Morgan fingerprint density at radius 1 is 1.00 bits per heavy atom. The fourth-order valence-electron chi connectivity index (χ4n) is 3.37. The van der Waals surface area contributed by atoms with E-state index in [1.807, 2.05) is 60.8 Å². The summed E-state index contributed by atoms with van der Waals surface area (Å²) in [6.07, 6.45) is 0. The average molecular weight is 394 g/mol. The normalized spacial score (nSPS) is 11.1. The van der Waals surface area contributed by atoms with Gasteiger partial charge in [0.05, 0.1) is 17.9 Å². The second-order valence-corrected chi connectivity index (χ2v) is 7.41. The minimum Gasteiger partial charge on any atom is -0.340 e. The lowest BCUT2D eigenvalue weighted by Crippen LogP contribution is -2.36. The van der Waals surface area contributed by atoms with Crippen molar-refractivity contribution in [2.75, 3.05) is 20.6 Å². The van der Waals surface area contributed by atoms with E-state index in [-0.39, 0.29) is 24.8 Å². The molecule has 0 aliphatic carbocycles. The molecule has 0 unspecified atom stereocenters. The van der Waals surface area contributed by atoms with Crippen LogP contribution in [0, 0.1) is 19.7 Å². The lowest BCUT2D eigenvalue weighted by molar-refractivity contribution is -0.131. The van der Waals surface area contributed by atoms with E-state index in [9.17, 15) is 9.18 Å². The van der Waals surface area contributed by atoms with Crippen molar-refractivity contribution >= 4 is 5.91 Å². The average Bonchev–Trinajstić information content (AvgIpc) is 2.98. The van der Waals surface area contributed by atoms with E-state index in [4.69, 9.17) is 0 Å². The third kappa shape index (κ3) is 4.90. The third-order valence-electron chi connectivity index (χ3n) is 5.07. The zero-order chi connectivity index (χ0) is 21.0. The smallest absolute Gasteiger partial charge is 0.236 e. The van der Waals surface area contributed by atoms with Crippen LogP contribution in [0.3, 0.4) is 0 Å². The molecule has 6 heteroatoms. The van der Waals surface area contributed by atoms with E-state index in [2.05, 4.69) is 5.10 Å². The summed E-state index contributed by atoms with van der Waals surface area (Å²) in [7, 11) is 3.61. The SMILES string of the molecule is Cc1nn(-c2ccccc2)c(C)c1CN(C)CC(=O)N(C)Cc1ccccc1F. The number of aromatic nitrogens is 2. The predicted octanol–water partition coefficient (Wildman–Crippen LogP) is 3.72. The van der Waals surface area contributed by atoms with Crippen LogP contribution in [0.4, 0.5) is 4.39 Å². The summed E-state index contributed by atoms with van der Waals surface area (Å²) < 4.78 is 15.8. The highest BCUT2D eigenvalue weighted by Crippen LogP contribution is 2.19. The third-order valence-corrected chi connectivity index (χ3v) is 5.07. The molecule has 2 aromatic carbocycles. The standard InChI is InChI=1S/C23H27FN4O/c1-17-21(18(2)28(25-17)20-11-6-5-7-12-20)15-26(3)16-23(29)27(4)14-19-10-8-9-13-22(19)24/h5-13H,14-16H2,1-4H3. The molecule has 0 fully saturated rings. The van der Waals surface area contributed by atoms with Gasteiger partial charge in [0, 0.05) is 37.0 Å². The molecule has 3 rings (SSSR count). The van der Waals surface area contributed by atoms with Crippen LogP contribution in [0.5, 0.6) is 0 Å². The molecule has 0 aliphatic heterocycles. The molecule has 3 aromatic rings. The van der Waals surface area contributed by atoms with E-state index in [1.165, 1.54) is 6.07 Å². The molecular weight excluding hydrogens is 367 g/mol. The highest BCUT2D eigenvalue weighted by molar-refractivity contribution is 5.78. The monoisotopic (exact) mass is 394 g/mol. The quantitative estimate of drug-likeness (QED) is 0.613. The summed E-state index contributed by atoms with van der Waals surface area (Å²) in [4.78, 5) is 16.1. The summed E-state index contributed by atoms with van der Waals surface area (Å²) in [5, 5.41) is 4.67. The van der Waals surface area contributed by atoms with Gasteiger partial charge in [-0.15, -0.1) is 0 Å². The van der Waals surface area contributed by atoms with Crippen LogP contribution >= 0.6 is 0 Å². The molecule has 0 saturated heterocycles. The van der Waals surface area contributed by atoms with Crippen molar-refractivity contribution < 1.29 is 9.18 Å². The van der Waals surface area contributed by atoms with Gasteiger partial charge >= 0.3 is 0 Å². The molecular formula is C23H27FN4O. The predicted molar refractivity (Wildman–Crippen MR) is 112 cm³/mol. The molecule has 5 nitrogen and oxygen atoms in total. The number of benzene rings is 2. The van der Waals surface area contributed by atoms with Crippen LogP contribution in [0.25, 0.3) is 5.69 Å². The Kier molecular flexibility index (Phi) is 6.44. The minimum absolute atomic E-state index is 0.0542. The lowest BCUT2D eigenvalue weighted by atomic mass is 10.2. The Morgan fingerprint density at radius 3 is 2.34 bits per heavy atom. The fourth-order valence-corrected chi connectivity index (χ4v) is 3.37. The van der Waals surface area contributed by atoms with Gasteiger partial charge in [0.2, 0.25) is 5.91 Å². The van der Waals surface area contributed by atoms with Gasteiger partial charge in [-0.05, 0) is 39.1 Å². The highest BCUT2D eigenvalue weighted by atomic mass is 19.1. The molecule has 1 aromatic heterocycles. The summed E-state index contributed by atoms with van der Waals surface area (Å²) in [5.41, 5.74) is 4.66. The number of para-hydroxylation sites is 1.